The number of carbonyl (C=O) groups is 1. The number of piperazine rings is 1. The standard InChI is InChI=1S/C33H35ClF2N6O5/c1-16(2)25-27(17(3)10-11-37-25)42-30-22-28(23(34)26(38-30)21-20(45-7)9-8-19(35)24(21)36)46-15-18-14-40(32(44)47-33(4,5)6)12-13-41(18)29(22)39-31(42)43/h8-11,16,18H,12-15H2,1-7H3/t18-/m0/s1. The zero-order chi connectivity index (χ0) is 33.9. The first-order valence-corrected chi connectivity index (χ1v) is 15.6. The molecule has 1 fully saturated rings. The van der Waals surface area contributed by atoms with Crippen molar-refractivity contribution in [1.29, 1.82) is 0 Å². The highest BCUT2D eigenvalue weighted by molar-refractivity contribution is 6.36. The Kier molecular flexibility index (Phi) is 8.23. The van der Waals surface area contributed by atoms with Crippen LogP contribution in [0.3, 0.4) is 0 Å². The smallest absolute Gasteiger partial charge is 0.410 e. The number of hydrogen-bond donors (Lipinski definition) is 0. The Balaban J connectivity index is 1.65. The number of fused-ring (bicyclic) bond motifs is 2. The van der Waals surface area contributed by atoms with Gasteiger partial charge in [0.05, 0.1) is 30.1 Å². The van der Waals surface area contributed by atoms with Gasteiger partial charge in [0.15, 0.2) is 23.0 Å². The normalized spacial score (nSPS) is 16.2. The molecule has 3 aromatic heterocycles. The second-order valence-corrected chi connectivity index (χ2v) is 13.3. The van der Waals surface area contributed by atoms with Crippen LogP contribution in [0.1, 0.15) is 51.8 Å². The van der Waals surface area contributed by atoms with Crippen LogP contribution < -0.4 is 20.1 Å². The third-order valence-electron chi connectivity index (χ3n) is 8.17. The molecule has 0 spiro atoms. The second kappa shape index (κ2) is 11.9. The number of carbonyl (C=O) groups excluding carboxylic acids is 1. The quantitative estimate of drug-likeness (QED) is 0.257. The number of aromatic nitrogens is 4. The monoisotopic (exact) mass is 668 g/mol. The molecule has 0 radical (unpaired) electrons. The number of hydrogen-bond acceptors (Lipinski definition) is 9. The van der Waals surface area contributed by atoms with Crippen molar-refractivity contribution < 1.29 is 27.8 Å². The molecule has 6 rings (SSSR count). The molecule has 1 saturated heterocycles. The number of ether oxygens (including phenoxy) is 3. The molecular formula is C33H35ClF2N6O5. The Labute approximate surface area is 275 Å². The van der Waals surface area contributed by atoms with Crippen LogP contribution in [-0.2, 0) is 4.74 Å². The van der Waals surface area contributed by atoms with Crippen LogP contribution in [-0.4, -0.2) is 75.5 Å². The van der Waals surface area contributed by atoms with Gasteiger partial charge >= 0.3 is 11.8 Å². The van der Waals surface area contributed by atoms with E-state index in [1.165, 1.54) is 17.7 Å². The van der Waals surface area contributed by atoms with Crippen molar-refractivity contribution in [2.75, 3.05) is 38.3 Å². The molecule has 0 bridgehead atoms. The van der Waals surface area contributed by atoms with Crippen molar-refractivity contribution in [3.05, 3.63) is 62.8 Å². The molecule has 1 amide bonds. The van der Waals surface area contributed by atoms with Crippen LogP contribution in [0.25, 0.3) is 28.0 Å². The average molecular weight is 669 g/mol. The summed E-state index contributed by atoms with van der Waals surface area (Å²) in [6.07, 6.45) is 1.18. The van der Waals surface area contributed by atoms with Crippen LogP contribution in [0.15, 0.2) is 29.2 Å². The molecule has 2 aliphatic rings. The van der Waals surface area contributed by atoms with E-state index < -0.39 is 35.1 Å². The van der Waals surface area contributed by atoms with E-state index in [9.17, 15) is 14.0 Å². The minimum absolute atomic E-state index is 0.0208. The van der Waals surface area contributed by atoms with E-state index in [1.807, 2.05) is 25.7 Å². The summed E-state index contributed by atoms with van der Waals surface area (Å²) in [7, 11) is 1.32. The fourth-order valence-electron chi connectivity index (χ4n) is 6.05. The van der Waals surface area contributed by atoms with Crippen LogP contribution in [0.4, 0.5) is 19.4 Å². The van der Waals surface area contributed by atoms with E-state index in [0.29, 0.717) is 23.3 Å². The van der Waals surface area contributed by atoms with Gasteiger partial charge in [-0.05, 0) is 57.4 Å². The van der Waals surface area contributed by atoms with E-state index in [4.69, 9.17) is 30.8 Å². The number of pyridine rings is 2. The Hall–Kier alpha value is -4.52. The molecule has 0 unspecified atom stereocenters. The first-order valence-electron chi connectivity index (χ1n) is 15.2. The number of anilines is 1. The summed E-state index contributed by atoms with van der Waals surface area (Å²) in [4.78, 5) is 44.6. The minimum Gasteiger partial charge on any atom is -0.496 e. The number of benzene rings is 1. The summed E-state index contributed by atoms with van der Waals surface area (Å²) in [5, 5.41) is 0.185. The average Bonchev–Trinajstić information content (AvgIpc) is 3.17. The fraction of sp³-hybridized carbons (Fsp3) is 0.424. The number of aryl methyl sites for hydroxylation is 1. The van der Waals surface area contributed by atoms with E-state index in [0.717, 1.165) is 11.6 Å². The lowest BCUT2D eigenvalue weighted by molar-refractivity contribution is 0.0202. The molecule has 0 aliphatic carbocycles. The summed E-state index contributed by atoms with van der Waals surface area (Å²) in [6.45, 7) is 11.9. The van der Waals surface area contributed by atoms with E-state index in [-0.39, 0.29) is 64.9 Å². The molecule has 47 heavy (non-hydrogen) atoms. The highest BCUT2D eigenvalue weighted by Gasteiger charge is 2.39. The van der Waals surface area contributed by atoms with E-state index in [2.05, 4.69) is 9.97 Å². The molecule has 4 aromatic rings. The maximum atomic E-state index is 15.6. The number of amides is 1. The number of methoxy groups -OCH3 is 1. The lowest BCUT2D eigenvalue weighted by Crippen LogP contribution is -2.57. The van der Waals surface area contributed by atoms with Crippen LogP contribution in [0, 0.1) is 18.6 Å². The largest absolute Gasteiger partial charge is 0.496 e. The molecule has 11 nitrogen and oxygen atoms in total. The summed E-state index contributed by atoms with van der Waals surface area (Å²) >= 11 is 6.99. The molecule has 5 heterocycles. The second-order valence-electron chi connectivity index (χ2n) is 12.9. The Morgan fingerprint density at radius 2 is 1.89 bits per heavy atom. The predicted octanol–water partition coefficient (Wildman–Crippen LogP) is 6.03. The van der Waals surface area contributed by atoms with Crippen molar-refractivity contribution in [2.24, 2.45) is 0 Å². The molecule has 2 aliphatic heterocycles. The Morgan fingerprint density at radius 1 is 1.15 bits per heavy atom. The third kappa shape index (κ3) is 5.60. The van der Waals surface area contributed by atoms with Gasteiger partial charge in [0.2, 0.25) is 0 Å². The topological polar surface area (TPSA) is 112 Å². The van der Waals surface area contributed by atoms with Crippen molar-refractivity contribution in [2.45, 2.75) is 59.1 Å². The predicted molar refractivity (Wildman–Crippen MR) is 173 cm³/mol. The van der Waals surface area contributed by atoms with E-state index in [1.54, 1.807) is 37.9 Å². The van der Waals surface area contributed by atoms with Crippen LogP contribution in [0.2, 0.25) is 5.02 Å². The van der Waals surface area contributed by atoms with Crippen molar-refractivity contribution in [3.8, 4) is 28.4 Å². The summed E-state index contributed by atoms with van der Waals surface area (Å²) in [5.41, 5.74) is -0.0245. The Bertz CT molecular complexity index is 1980. The molecule has 0 N–H and O–H groups in total. The number of nitrogens with zero attached hydrogens (tertiary/aromatic N) is 6. The lowest BCUT2D eigenvalue weighted by atomic mass is 10.0. The van der Waals surface area contributed by atoms with Gasteiger partial charge in [-0.15, -0.1) is 0 Å². The molecule has 248 valence electrons. The van der Waals surface area contributed by atoms with Gasteiger partial charge in [-0.25, -0.2) is 27.9 Å². The van der Waals surface area contributed by atoms with Gasteiger partial charge in [0.25, 0.3) is 0 Å². The lowest BCUT2D eigenvalue weighted by Gasteiger charge is -2.41. The van der Waals surface area contributed by atoms with Crippen molar-refractivity contribution >= 4 is 34.5 Å². The third-order valence-corrected chi connectivity index (χ3v) is 8.52. The van der Waals surface area contributed by atoms with Crippen molar-refractivity contribution in [1.82, 2.24) is 24.4 Å². The summed E-state index contributed by atoms with van der Waals surface area (Å²) in [6, 6.07) is 3.52. The van der Waals surface area contributed by atoms with Gasteiger partial charge in [-0.3, -0.25) is 4.98 Å². The van der Waals surface area contributed by atoms with Gasteiger partial charge in [0, 0.05) is 25.8 Å². The van der Waals surface area contributed by atoms with Gasteiger partial charge in [-0.1, -0.05) is 25.4 Å². The number of halogens is 3. The molecule has 1 aromatic carbocycles. The minimum atomic E-state index is -1.23. The molecular weight excluding hydrogens is 634 g/mol. The maximum absolute atomic E-state index is 15.6. The van der Waals surface area contributed by atoms with Crippen LogP contribution in [0.5, 0.6) is 11.5 Å². The Morgan fingerprint density at radius 3 is 2.57 bits per heavy atom. The van der Waals surface area contributed by atoms with Crippen molar-refractivity contribution in [3.63, 3.8) is 0 Å². The van der Waals surface area contributed by atoms with E-state index >= 15 is 4.39 Å². The van der Waals surface area contributed by atoms with Gasteiger partial charge in [0.1, 0.15) is 39.9 Å². The fourth-order valence-corrected chi connectivity index (χ4v) is 6.33. The van der Waals surface area contributed by atoms with Crippen LogP contribution >= 0.6 is 11.6 Å². The SMILES string of the molecule is COc1ccc(F)c(F)c1-c1nc2c3c(nc(=O)n2-c2c(C)ccnc2C(C)C)N2CCN(C(=O)OC(C)(C)C)C[C@H]2COc3c1Cl. The first kappa shape index (κ1) is 32.4. The van der Waals surface area contributed by atoms with Gasteiger partial charge < -0.3 is 24.0 Å². The summed E-state index contributed by atoms with van der Waals surface area (Å²) in [5.74, 6) is -2.15. The van der Waals surface area contributed by atoms with Gasteiger partial charge in [-0.2, -0.15) is 4.98 Å². The zero-order valence-electron chi connectivity index (χ0n) is 27.2. The number of rotatable bonds is 4. The molecule has 1 atom stereocenters. The maximum Gasteiger partial charge on any atom is 0.410 e. The highest BCUT2D eigenvalue weighted by Crippen LogP contribution is 2.47. The zero-order valence-corrected chi connectivity index (χ0v) is 27.9. The summed E-state index contributed by atoms with van der Waals surface area (Å²) < 4.78 is 49.0. The molecule has 14 heteroatoms. The molecule has 0 saturated carbocycles. The first-order chi connectivity index (χ1) is 22.2. The highest BCUT2D eigenvalue weighted by atomic mass is 35.5.